The first-order valence-electron chi connectivity index (χ1n) is 8.38. The molecule has 3 aromatic heterocycles. The fourth-order valence-electron chi connectivity index (χ4n) is 2.34. The Kier molecular flexibility index (Phi) is 5.80. The third-order valence-corrected chi connectivity index (χ3v) is 3.74. The summed E-state index contributed by atoms with van der Waals surface area (Å²) in [5.41, 5.74) is 0.104. The quantitative estimate of drug-likeness (QED) is 0.514. The average molecular weight is 383 g/mol. The number of carbonyl (C=O) groups excluding carboxylic acids is 2. The van der Waals surface area contributed by atoms with Crippen molar-refractivity contribution in [1.82, 2.24) is 25.4 Å². The third-order valence-electron chi connectivity index (χ3n) is 3.74. The molecule has 3 heterocycles. The maximum Gasteiger partial charge on any atom is 0.266 e. The van der Waals surface area contributed by atoms with Gasteiger partial charge in [0.1, 0.15) is 5.69 Å². The molecule has 0 aliphatic heterocycles. The smallest absolute Gasteiger partial charge is 0.266 e. The molecule has 0 unspecified atom stereocenters. The Morgan fingerprint density at radius 1 is 1.11 bits per heavy atom. The van der Waals surface area contributed by atoms with Crippen LogP contribution in [-0.4, -0.2) is 39.7 Å². The van der Waals surface area contributed by atoms with Gasteiger partial charge < -0.3 is 20.0 Å². The van der Waals surface area contributed by atoms with Crippen LogP contribution in [0, 0.1) is 0 Å². The van der Waals surface area contributed by atoms with Gasteiger partial charge in [-0.3, -0.25) is 19.2 Å². The monoisotopic (exact) mass is 383 g/mol. The molecule has 0 saturated carbocycles. The second-order valence-electron chi connectivity index (χ2n) is 5.73. The largest absolute Gasteiger partial charge is 0.463 e. The van der Waals surface area contributed by atoms with Crippen LogP contribution in [0.2, 0.25) is 0 Å². The van der Waals surface area contributed by atoms with Crippen molar-refractivity contribution in [3.8, 4) is 11.5 Å². The molecule has 10 nitrogen and oxygen atoms in total. The third kappa shape index (κ3) is 4.81. The maximum absolute atomic E-state index is 11.9. The lowest BCUT2D eigenvalue weighted by molar-refractivity contribution is -0.120. The molecule has 0 radical (unpaired) electrons. The molecule has 3 N–H and O–H groups in total. The highest BCUT2D eigenvalue weighted by molar-refractivity contribution is 5.96. The molecule has 0 spiro atoms. The summed E-state index contributed by atoms with van der Waals surface area (Å²) >= 11 is 0. The Morgan fingerprint density at radius 2 is 1.96 bits per heavy atom. The molecule has 0 bridgehead atoms. The standard InChI is InChI=1S/C18H17N5O5/c24-15-5-3-12(10-20-15)18(27)21-11-16(25)19-7-8-23-17(26)6-4-13(22-23)14-2-1-9-28-14/h1-6,9-10H,7-8,11H2,(H,19,25)(H,20,24)(H,21,27). The van der Waals surface area contributed by atoms with Gasteiger partial charge in [0.05, 0.1) is 24.9 Å². The highest BCUT2D eigenvalue weighted by Crippen LogP contribution is 2.14. The number of aromatic amines is 1. The second-order valence-corrected chi connectivity index (χ2v) is 5.73. The second kappa shape index (κ2) is 8.62. The molecule has 0 fully saturated rings. The van der Waals surface area contributed by atoms with Crippen molar-refractivity contribution in [3.05, 3.63) is 75.1 Å². The van der Waals surface area contributed by atoms with Crippen LogP contribution >= 0.6 is 0 Å². The number of H-pyrrole nitrogens is 1. The maximum atomic E-state index is 11.9. The van der Waals surface area contributed by atoms with Gasteiger partial charge in [0.25, 0.3) is 11.5 Å². The van der Waals surface area contributed by atoms with Crippen LogP contribution in [0.5, 0.6) is 0 Å². The van der Waals surface area contributed by atoms with Gasteiger partial charge in [-0.15, -0.1) is 0 Å². The number of nitrogens with one attached hydrogen (secondary N) is 3. The van der Waals surface area contributed by atoms with E-state index in [1.54, 1.807) is 18.2 Å². The molecular formula is C18H17N5O5. The lowest BCUT2D eigenvalue weighted by Crippen LogP contribution is -2.39. The summed E-state index contributed by atoms with van der Waals surface area (Å²) in [5.74, 6) is -0.383. The first-order chi connectivity index (χ1) is 13.5. The van der Waals surface area contributed by atoms with E-state index in [9.17, 15) is 19.2 Å². The Balaban J connectivity index is 1.48. The van der Waals surface area contributed by atoms with Crippen LogP contribution in [0.1, 0.15) is 10.4 Å². The predicted octanol–water partition coefficient (Wildman–Crippen LogP) is -0.262. The van der Waals surface area contributed by atoms with Crippen LogP contribution in [-0.2, 0) is 11.3 Å². The number of aromatic nitrogens is 3. The molecule has 144 valence electrons. The fourth-order valence-corrected chi connectivity index (χ4v) is 2.34. The van der Waals surface area contributed by atoms with Gasteiger partial charge in [-0.2, -0.15) is 5.10 Å². The molecule has 10 heteroatoms. The molecule has 3 aromatic rings. The molecule has 0 atom stereocenters. The van der Waals surface area contributed by atoms with E-state index in [1.807, 2.05) is 0 Å². The number of furan rings is 1. The van der Waals surface area contributed by atoms with Gasteiger partial charge >= 0.3 is 0 Å². The fraction of sp³-hybridized carbons (Fsp3) is 0.167. The lowest BCUT2D eigenvalue weighted by Gasteiger charge is -2.08. The summed E-state index contributed by atoms with van der Waals surface area (Å²) < 4.78 is 6.47. The summed E-state index contributed by atoms with van der Waals surface area (Å²) in [5, 5.41) is 9.22. The summed E-state index contributed by atoms with van der Waals surface area (Å²) in [4.78, 5) is 49.0. The summed E-state index contributed by atoms with van der Waals surface area (Å²) in [6.45, 7) is 0.0710. The molecule has 0 aliphatic carbocycles. The van der Waals surface area contributed by atoms with E-state index in [1.165, 1.54) is 35.3 Å². The Morgan fingerprint density at radius 3 is 2.68 bits per heavy atom. The van der Waals surface area contributed by atoms with E-state index in [2.05, 4.69) is 20.7 Å². The van der Waals surface area contributed by atoms with E-state index in [0.717, 1.165) is 0 Å². The van der Waals surface area contributed by atoms with Crippen molar-refractivity contribution < 1.29 is 14.0 Å². The molecule has 0 aliphatic rings. The number of amides is 2. The Labute approximate surface area is 158 Å². The van der Waals surface area contributed by atoms with Crippen LogP contribution in [0.3, 0.4) is 0 Å². The minimum atomic E-state index is -0.490. The van der Waals surface area contributed by atoms with Gasteiger partial charge in [-0.1, -0.05) is 0 Å². The van der Waals surface area contributed by atoms with Crippen molar-refractivity contribution in [2.45, 2.75) is 6.54 Å². The van der Waals surface area contributed by atoms with Crippen molar-refractivity contribution in [3.63, 3.8) is 0 Å². The van der Waals surface area contributed by atoms with Crippen LogP contribution in [0.15, 0.2) is 62.9 Å². The molecule has 28 heavy (non-hydrogen) atoms. The van der Waals surface area contributed by atoms with Gasteiger partial charge in [0, 0.05) is 24.9 Å². The molecule has 0 aromatic carbocycles. The van der Waals surface area contributed by atoms with Crippen molar-refractivity contribution in [2.75, 3.05) is 13.1 Å². The zero-order valence-corrected chi connectivity index (χ0v) is 14.7. The van der Waals surface area contributed by atoms with Crippen molar-refractivity contribution in [2.24, 2.45) is 0 Å². The Hall–Kier alpha value is -3.95. The van der Waals surface area contributed by atoms with E-state index in [4.69, 9.17) is 4.42 Å². The predicted molar refractivity (Wildman–Crippen MR) is 98.6 cm³/mol. The minimum absolute atomic E-state index is 0.155. The average Bonchev–Trinajstić information content (AvgIpc) is 3.23. The number of carbonyl (C=O) groups is 2. The van der Waals surface area contributed by atoms with Gasteiger partial charge in [-0.05, 0) is 24.3 Å². The van der Waals surface area contributed by atoms with Crippen LogP contribution in [0.25, 0.3) is 11.5 Å². The summed E-state index contributed by atoms with van der Waals surface area (Å²) in [6, 6.07) is 8.95. The minimum Gasteiger partial charge on any atom is -0.463 e. The van der Waals surface area contributed by atoms with Crippen LogP contribution in [0.4, 0.5) is 0 Å². The normalized spacial score (nSPS) is 10.4. The van der Waals surface area contributed by atoms with Gasteiger partial charge in [0.2, 0.25) is 11.5 Å². The summed E-state index contributed by atoms with van der Waals surface area (Å²) in [7, 11) is 0. The topological polar surface area (TPSA) is 139 Å². The molecule has 0 saturated heterocycles. The molecule has 2 amide bonds. The molecular weight excluding hydrogens is 366 g/mol. The van der Waals surface area contributed by atoms with E-state index >= 15 is 0 Å². The highest BCUT2D eigenvalue weighted by atomic mass is 16.3. The zero-order valence-electron chi connectivity index (χ0n) is 14.7. The number of hydrogen-bond donors (Lipinski definition) is 3. The van der Waals surface area contributed by atoms with E-state index < -0.39 is 11.8 Å². The zero-order chi connectivity index (χ0) is 19.9. The first-order valence-corrected chi connectivity index (χ1v) is 8.38. The number of rotatable bonds is 7. The number of hydrogen-bond acceptors (Lipinski definition) is 6. The highest BCUT2D eigenvalue weighted by Gasteiger charge is 2.09. The Bertz CT molecular complexity index is 1060. The van der Waals surface area contributed by atoms with E-state index in [-0.39, 0.29) is 36.3 Å². The van der Waals surface area contributed by atoms with Crippen LogP contribution < -0.4 is 21.8 Å². The first kappa shape index (κ1) is 18.8. The molecule has 3 rings (SSSR count). The van der Waals surface area contributed by atoms with Crippen molar-refractivity contribution in [1.29, 1.82) is 0 Å². The van der Waals surface area contributed by atoms with E-state index in [0.29, 0.717) is 11.5 Å². The van der Waals surface area contributed by atoms with Gasteiger partial charge in [0.15, 0.2) is 5.76 Å². The number of pyridine rings is 1. The summed E-state index contributed by atoms with van der Waals surface area (Å²) in [6.07, 6.45) is 2.77. The number of nitrogens with zero attached hydrogens (tertiary/aromatic N) is 2. The SMILES string of the molecule is O=C(CNC(=O)c1ccc(=O)[nH]c1)NCCn1nc(-c2ccco2)ccc1=O. The van der Waals surface area contributed by atoms with Gasteiger partial charge in [-0.25, -0.2) is 4.68 Å². The lowest BCUT2D eigenvalue weighted by atomic mass is 10.2. The van der Waals surface area contributed by atoms with Crippen molar-refractivity contribution >= 4 is 11.8 Å².